The van der Waals surface area contributed by atoms with Crippen molar-refractivity contribution in [2.45, 2.75) is 32.8 Å². The van der Waals surface area contributed by atoms with Crippen LogP contribution in [0.3, 0.4) is 0 Å². The molecule has 0 aromatic heterocycles. The summed E-state index contributed by atoms with van der Waals surface area (Å²) < 4.78 is 11.0. The van der Waals surface area contributed by atoms with Gasteiger partial charge < -0.3 is 20.1 Å². The van der Waals surface area contributed by atoms with Crippen LogP contribution in [-0.2, 0) is 9.47 Å². The first-order valence-corrected chi connectivity index (χ1v) is 6.52. The van der Waals surface area contributed by atoms with Crippen molar-refractivity contribution in [3.63, 3.8) is 0 Å². The molecule has 2 N–H and O–H groups in total. The van der Waals surface area contributed by atoms with Gasteiger partial charge in [-0.3, -0.25) is 4.99 Å². The Bertz CT molecular complexity index is 229. The number of aliphatic imine (C=N–C) groups is 1. The highest BCUT2D eigenvalue weighted by Crippen LogP contribution is 2.11. The number of ether oxygens (including phenoxy) is 2. The van der Waals surface area contributed by atoms with Crippen LogP contribution >= 0.6 is 24.0 Å². The topological polar surface area (TPSA) is 60.1 Å². The molecule has 18 heavy (non-hydrogen) atoms. The summed E-state index contributed by atoms with van der Waals surface area (Å²) in [5.41, 5.74) is 5.84. The van der Waals surface area contributed by atoms with Crippen LogP contribution in [0.4, 0.5) is 0 Å². The minimum atomic E-state index is 0. The first kappa shape index (κ1) is 17.9. The zero-order valence-corrected chi connectivity index (χ0v) is 13.8. The second kappa shape index (κ2) is 10.8. The van der Waals surface area contributed by atoms with Crippen LogP contribution in [0.5, 0.6) is 0 Å². The molecule has 0 spiro atoms. The van der Waals surface area contributed by atoms with E-state index in [-0.39, 0.29) is 24.0 Å². The van der Waals surface area contributed by atoms with Gasteiger partial charge in [-0.15, -0.1) is 24.0 Å². The van der Waals surface area contributed by atoms with E-state index >= 15 is 0 Å². The summed E-state index contributed by atoms with van der Waals surface area (Å²) in [6.07, 6.45) is 2.56. The summed E-state index contributed by atoms with van der Waals surface area (Å²) >= 11 is 0. The third kappa shape index (κ3) is 6.75. The summed E-state index contributed by atoms with van der Waals surface area (Å²) in [6.45, 7) is 8.71. The van der Waals surface area contributed by atoms with Crippen LogP contribution in [0.15, 0.2) is 4.99 Å². The van der Waals surface area contributed by atoms with E-state index in [1.54, 1.807) is 0 Å². The molecule has 1 heterocycles. The maximum absolute atomic E-state index is 5.84. The Morgan fingerprint density at radius 2 is 2.17 bits per heavy atom. The molecule has 6 heteroatoms. The zero-order valence-electron chi connectivity index (χ0n) is 11.4. The van der Waals surface area contributed by atoms with E-state index in [4.69, 9.17) is 15.2 Å². The fourth-order valence-corrected chi connectivity index (χ4v) is 1.86. The molecular formula is C12H26IN3O2. The average Bonchev–Trinajstić information content (AvgIpc) is 2.83. The van der Waals surface area contributed by atoms with Crippen molar-refractivity contribution in [1.82, 2.24) is 4.90 Å². The van der Waals surface area contributed by atoms with Crippen LogP contribution in [-0.4, -0.2) is 56.4 Å². The molecular weight excluding hydrogens is 345 g/mol. The van der Waals surface area contributed by atoms with E-state index in [9.17, 15) is 0 Å². The van der Waals surface area contributed by atoms with E-state index in [2.05, 4.69) is 18.8 Å². The Balaban J connectivity index is 0.00000289. The number of rotatable bonds is 7. The van der Waals surface area contributed by atoms with Gasteiger partial charge in [0.2, 0.25) is 0 Å². The Hall–Kier alpha value is -0.0800. The standard InChI is InChI=1S/C12H25N3O2.HI/c1-3-15(4-2)12(13)14-7-9-16-10-11-6-5-8-17-11;/h11H,3-10H2,1-2H3,(H2,13,14);1H. The number of nitrogens with two attached hydrogens (primary N) is 1. The Morgan fingerprint density at radius 3 is 2.72 bits per heavy atom. The largest absolute Gasteiger partial charge is 0.377 e. The van der Waals surface area contributed by atoms with E-state index < -0.39 is 0 Å². The van der Waals surface area contributed by atoms with Crippen molar-refractivity contribution < 1.29 is 9.47 Å². The van der Waals surface area contributed by atoms with Crippen LogP contribution < -0.4 is 5.73 Å². The maximum atomic E-state index is 5.84. The molecule has 108 valence electrons. The van der Waals surface area contributed by atoms with Crippen LogP contribution in [0.25, 0.3) is 0 Å². The summed E-state index contributed by atoms with van der Waals surface area (Å²) in [5.74, 6) is 0.607. The van der Waals surface area contributed by atoms with Crippen molar-refractivity contribution >= 4 is 29.9 Å². The highest BCUT2D eigenvalue weighted by atomic mass is 127. The number of guanidine groups is 1. The van der Waals surface area contributed by atoms with Gasteiger partial charge in [-0.1, -0.05) is 0 Å². The van der Waals surface area contributed by atoms with Gasteiger partial charge in [-0.05, 0) is 26.7 Å². The Kier molecular flexibility index (Phi) is 10.8. The lowest BCUT2D eigenvalue weighted by molar-refractivity contribution is 0.0199. The third-order valence-electron chi connectivity index (χ3n) is 2.92. The molecule has 1 aliphatic rings. The van der Waals surface area contributed by atoms with Gasteiger partial charge in [-0.2, -0.15) is 0 Å². The van der Waals surface area contributed by atoms with E-state index in [1.165, 1.54) is 0 Å². The van der Waals surface area contributed by atoms with E-state index in [0.29, 0.717) is 31.8 Å². The fourth-order valence-electron chi connectivity index (χ4n) is 1.86. The fraction of sp³-hybridized carbons (Fsp3) is 0.917. The van der Waals surface area contributed by atoms with Gasteiger partial charge in [0.25, 0.3) is 0 Å². The molecule has 1 unspecified atom stereocenters. The summed E-state index contributed by atoms with van der Waals surface area (Å²) in [7, 11) is 0. The SMILES string of the molecule is CCN(CC)C(N)=NCCOCC1CCCO1.I. The number of hydrogen-bond acceptors (Lipinski definition) is 3. The predicted octanol–water partition coefficient (Wildman–Crippen LogP) is 1.46. The van der Waals surface area contributed by atoms with Gasteiger partial charge >= 0.3 is 0 Å². The van der Waals surface area contributed by atoms with Gasteiger partial charge in [0.15, 0.2) is 5.96 Å². The normalized spacial score (nSPS) is 19.7. The summed E-state index contributed by atoms with van der Waals surface area (Å²) in [4.78, 5) is 6.31. The second-order valence-electron chi connectivity index (χ2n) is 4.12. The Labute approximate surface area is 127 Å². The van der Waals surface area contributed by atoms with Crippen LogP contribution in [0.1, 0.15) is 26.7 Å². The second-order valence-corrected chi connectivity index (χ2v) is 4.12. The quantitative estimate of drug-likeness (QED) is 0.319. The van der Waals surface area contributed by atoms with Gasteiger partial charge in [-0.25, -0.2) is 0 Å². The van der Waals surface area contributed by atoms with Crippen LogP contribution in [0.2, 0.25) is 0 Å². The first-order chi connectivity index (χ1) is 8.27. The zero-order chi connectivity index (χ0) is 12.5. The lowest BCUT2D eigenvalue weighted by Gasteiger charge is -2.19. The Morgan fingerprint density at radius 1 is 1.44 bits per heavy atom. The van der Waals surface area contributed by atoms with E-state index in [0.717, 1.165) is 32.5 Å². The summed E-state index contributed by atoms with van der Waals surface area (Å²) in [5, 5.41) is 0. The molecule has 1 atom stereocenters. The number of nitrogens with zero attached hydrogens (tertiary/aromatic N) is 2. The number of hydrogen-bond donors (Lipinski definition) is 1. The maximum Gasteiger partial charge on any atom is 0.191 e. The molecule has 1 fully saturated rings. The lowest BCUT2D eigenvalue weighted by atomic mass is 10.2. The molecule has 5 nitrogen and oxygen atoms in total. The molecule has 0 bridgehead atoms. The van der Waals surface area contributed by atoms with Crippen molar-refractivity contribution in [3.05, 3.63) is 0 Å². The third-order valence-corrected chi connectivity index (χ3v) is 2.92. The minimum absolute atomic E-state index is 0. The highest BCUT2D eigenvalue weighted by Gasteiger charge is 2.14. The molecule has 0 aromatic carbocycles. The van der Waals surface area contributed by atoms with Crippen LogP contribution in [0, 0.1) is 0 Å². The summed E-state index contributed by atoms with van der Waals surface area (Å²) in [6, 6.07) is 0. The van der Waals surface area contributed by atoms with Crippen molar-refractivity contribution in [3.8, 4) is 0 Å². The van der Waals surface area contributed by atoms with Crippen molar-refractivity contribution in [2.75, 3.05) is 39.5 Å². The molecule has 0 aromatic rings. The van der Waals surface area contributed by atoms with Gasteiger partial charge in [0, 0.05) is 19.7 Å². The molecule has 1 saturated heterocycles. The lowest BCUT2D eigenvalue weighted by Crippen LogP contribution is -2.37. The predicted molar refractivity (Wildman–Crippen MR) is 84.6 cm³/mol. The molecule has 0 aliphatic carbocycles. The highest BCUT2D eigenvalue weighted by molar-refractivity contribution is 14.0. The first-order valence-electron chi connectivity index (χ1n) is 6.52. The number of halogens is 1. The van der Waals surface area contributed by atoms with Crippen molar-refractivity contribution in [2.24, 2.45) is 10.7 Å². The molecule has 0 radical (unpaired) electrons. The van der Waals surface area contributed by atoms with Crippen molar-refractivity contribution in [1.29, 1.82) is 0 Å². The smallest absolute Gasteiger partial charge is 0.191 e. The van der Waals surface area contributed by atoms with Gasteiger partial charge in [0.1, 0.15) is 0 Å². The average molecular weight is 371 g/mol. The van der Waals surface area contributed by atoms with Gasteiger partial charge in [0.05, 0.1) is 25.9 Å². The molecule has 1 rings (SSSR count). The molecule has 0 saturated carbocycles. The van der Waals surface area contributed by atoms with E-state index in [1.807, 2.05) is 4.90 Å². The molecule has 0 amide bonds. The monoisotopic (exact) mass is 371 g/mol. The minimum Gasteiger partial charge on any atom is -0.377 e. The molecule has 1 aliphatic heterocycles.